The molecule has 0 aliphatic heterocycles. The highest BCUT2D eigenvalue weighted by Crippen LogP contribution is 2.30. The second-order valence-electron chi connectivity index (χ2n) is 5.46. The van der Waals surface area contributed by atoms with Crippen LogP contribution in [0.3, 0.4) is 0 Å². The van der Waals surface area contributed by atoms with Gasteiger partial charge in [0.2, 0.25) is 0 Å². The lowest BCUT2D eigenvalue weighted by Gasteiger charge is -2.43. The van der Waals surface area contributed by atoms with Crippen molar-refractivity contribution in [2.45, 2.75) is 51.4 Å². The average Bonchev–Trinajstić information content (AvgIpc) is 2.38. The van der Waals surface area contributed by atoms with Gasteiger partial charge in [0.1, 0.15) is 6.10 Å². The van der Waals surface area contributed by atoms with Crippen LogP contribution in [0.1, 0.15) is 38.7 Å². The van der Waals surface area contributed by atoms with Gasteiger partial charge in [-0.2, -0.15) is 0 Å². The summed E-state index contributed by atoms with van der Waals surface area (Å²) in [5.74, 6) is 0.576. The Morgan fingerprint density at radius 3 is 2.47 bits per heavy atom. The number of benzene rings is 1. The summed E-state index contributed by atoms with van der Waals surface area (Å²) in [5, 5.41) is 3.53. The van der Waals surface area contributed by atoms with E-state index in [0.717, 1.165) is 18.7 Å². The molecule has 1 aliphatic carbocycles. The number of nitrogens with one attached hydrogen (secondary N) is 1. The summed E-state index contributed by atoms with van der Waals surface area (Å²) in [6.07, 6.45) is 1.41. The van der Waals surface area contributed by atoms with Crippen LogP contribution in [0.15, 0.2) is 24.3 Å². The lowest BCUT2D eigenvalue weighted by molar-refractivity contribution is -0.118. The molecule has 0 bridgehead atoms. The van der Waals surface area contributed by atoms with E-state index in [-0.39, 0.29) is 12.2 Å². The molecule has 0 spiro atoms. The first kappa shape index (κ1) is 14.4. The Morgan fingerprint density at radius 2 is 1.95 bits per heavy atom. The zero-order chi connectivity index (χ0) is 13.8. The molecule has 0 heterocycles. The molecule has 0 aromatic heterocycles. The summed E-state index contributed by atoms with van der Waals surface area (Å²) in [7, 11) is 1.76. The highest BCUT2D eigenvalue weighted by molar-refractivity contribution is 5.47. The van der Waals surface area contributed by atoms with Crippen LogP contribution >= 0.6 is 0 Å². The summed E-state index contributed by atoms with van der Waals surface area (Å²) in [6, 6.07) is 9.03. The Balaban J connectivity index is 1.91. The fourth-order valence-corrected chi connectivity index (χ4v) is 2.59. The maximum Gasteiger partial charge on any atom is 0.103 e. The third-order valence-corrected chi connectivity index (χ3v) is 3.83. The van der Waals surface area contributed by atoms with Crippen molar-refractivity contribution in [1.29, 1.82) is 0 Å². The molecular weight excluding hydrogens is 238 g/mol. The minimum absolute atomic E-state index is 0.157. The molecule has 3 atom stereocenters. The van der Waals surface area contributed by atoms with Gasteiger partial charge in [0, 0.05) is 19.4 Å². The number of hydrogen-bond acceptors (Lipinski definition) is 3. The lowest BCUT2D eigenvalue weighted by atomic mass is 9.85. The van der Waals surface area contributed by atoms with Crippen molar-refractivity contribution >= 4 is 5.69 Å². The number of ether oxygens (including phenoxy) is 2. The minimum Gasteiger partial charge on any atom is -0.379 e. The van der Waals surface area contributed by atoms with E-state index in [1.807, 2.05) is 6.92 Å². The standard InChI is InChI=1S/C16H25NO2/c1-5-19-15-10-14(16(15)18-4)17-13-8-6-12(7-9-13)11(2)3/h6-9,11,14-17H,5,10H2,1-4H3. The van der Waals surface area contributed by atoms with Crippen LogP contribution in [0.25, 0.3) is 0 Å². The second-order valence-corrected chi connectivity index (χ2v) is 5.46. The summed E-state index contributed by atoms with van der Waals surface area (Å²) in [4.78, 5) is 0. The van der Waals surface area contributed by atoms with Crippen LogP contribution in [-0.2, 0) is 9.47 Å². The van der Waals surface area contributed by atoms with E-state index < -0.39 is 0 Å². The fourth-order valence-electron chi connectivity index (χ4n) is 2.59. The minimum atomic E-state index is 0.157. The molecule has 0 amide bonds. The Hall–Kier alpha value is -1.06. The maximum absolute atomic E-state index is 5.63. The van der Waals surface area contributed by atoms with Gasteiger partial charge in [0.15, 0.2) is 0 Å². The largest absolute Gasteiger partial charge is 0.379 e. The molecule has 106 valence electrons. The summed E-state index contributed by atoms with van der Waals surface area (Å²) >= 11 is 0. The number of rotatable bonds is 6. The van der Waals surface area contributed by atoms with Crippen LogP contribution in [0.2, 0.25) is 0 Å². The molecule has 3 heteroatoms. The van der Waals surface area contributed by atoms with E-state index in [4.69, 9.17) is 9.47 Å². The van der Waals surface area contributed by atoms with Gasteiger partial charge < -0.3 is 14.8 Å². The van der Waals surface area contributed by atoms with Gasteiger partial charge >= 0.3 is 0 Å². The Labute approximate surface area is 116 Å². The third-order valence-electron chi connectivity index (χ3n) is 3.83. The van der Waals surface area contributed by atoms with Gasteiger partial charge in [-0.25, -0.2) is 0 Å². The molecule has 1 saturated carbocycles. The van der Waals surface area contributed by atoms with Crippen molar-refractivity contribution in [2.24, 2.45) is 0 Å². The first-order valence-electron chi connectivity index (χ1n) is 7.16. The molecule has 2 rings (SSSR count). The molecule has 19 heavy (non-hydrogen) atoms. The first-order valence-corrected chi connectivity index (χ1v) is 7.16. The predicted octanol–water partition coefficient (Wildman–Crippen LogP) is 3.41. The molecule has 0 radical (unpaired) electrons. The average molecular weight is 263 g/mol. The Kier molecular flexibility index (Phi) is 4.83. The lowest BCUT2D eigenvalue weighted by Crippen LogP contribution is -2.56. The third kappa shape index (κ3) is 3.28. The SMILES string of the molecule is CCOC1CC(Nc2ccc(C(C)C)cc2)C1OC. The highest BCUT2D eigenvalue weighted by atomic mass is 16.5. The van der Waals surface area contributed by atoms with E-state index in [9.17, 15) is 0 Å². The quantitative estimate of drug-likeness (QED) is 0.853. The topological polar surface area (TPSA) is 30.5 Å². The van der Waals surface area contributed by atoms with Crippen molar-refractivity contribution in [1.82, 2.24) is 0 Å². The van der Waals surface area contributed by atoms with E-state index in [2.05, 4.69) is 43.4 Å². The summed E-state index contributed by atoms with van der Waals surface area (Å²) in [5.41, 5.74) is 2.53. The van der Waals surface area contributed by atoms with Gasteiger partial charge in [-0.15, -0.1) is 0 Å². The van der Waals surface area contributed by atoms with Crippen molar-refractivity contribution in [2.75, 3.05) is 19.0 Å². The van der Waals surface area contributed by atoms with Crippen molar-refractivity contribution < 1.29 is 9.47 Å². The Bertz CT molecular complexity index is 388. The normalized spacial score (nSPS) is 26.3. The molecule has 0 saturated heterocycles. The predicted molar refractivity (Wildman–Crippen MR) is 78.8 cm³/mol. The molecule has 3 nitrogen and oxygen atoms in total. The second kappa shape index (κ2) is 6.40. The molecule has 3 unspecified atom stereocenters. The van der Waals surface area contributed by atoms with Crippen molar-refractivity contribution in [3.05, 3.63) is 29.8 Å². The highest BCUT2D eigenvalue weighted by Gasteiger charge is 2.42. The monoisotopic (exact) mass is 263 g/mol. The van der Waals surface area contributed by atoms with E-state index in [1.54, 1.807) is 7.11 Å². The van der Waals surface area contributed by atoms with Crippen LogP contribution in [0, 0.1) is 0 Å². The number of hydrogen-bond donors (Lipinski definition) is 1. The smallest absolute Gasteiger partial charge is 0.103 e. The van der Waals surface area contributed by atoms with Gasteiger partial charge in [-0.3, -0.25) is 0 Å². The van der Waals surface area contributed by atoms with Crippen LogP contribution in [-0.4, -0.2) is 32.0 Å². The van der Waals surface area contributed by atoms with Gasteiger partial charge in [0.05, 0.1) is 12.1 Å². The summed E-state index contributed by atoms with van der Waals surface area (Å²) < 4.78 is 11.1. The van der Waals surface area contributed by atoms with Crippen molar-refractivity contribution in [3.63, 3.8) is 0 Å². The van der Waals surface area contributed by atoms with E-state index in [0.29, 0.717) is 12.0 Å². The Morgan fingerprint density at radius 1 is 1.26 bits per heavy atom. The van der Waals surface area contributed by atoms with E-state index in [1.165, 1.54) is 5.56 Å². The van der Waals surface area contributed by atoms with Gasteiger partial charge in [0.25, 0.3) is 0 Å². The zero-order valence-corrected chi connectivity index (χ0v) is 12.3. The fraction of sp³-hybridized carbons (Fsp3) is 0.625. The number of anilines is 1. The molecule has 1 aromatic rings. The molecule has 1 aromatic carbocycles. The van der Waals surface area contributed by atoms with Gasteiger partial charge in [-0.05, 0) is 37.0 Å². The number of methoxy groups -OCH3 is 1. The maximum atomic E-state index is 5.63. The zero-order valence-electron chi connectivity index (χ0n) is 12.3. The van der Waals surface area contributed by atoms with E-state index >= 15 is 0 Å². The molecular formula is C16H25NO2. The van der Waals surface area contributed by atoms with Gasteiger partial charge in [-0.1, -0.05) is 26.0 Å². The summed E-state index contributed by atoms with van der Waals surface area (Å²) in [6.45, 7) is 7.20. The van der Waals surface area contributed by atoms with Crippen LogP contribution in [0.5, 0.6) is 0 Å². The van der Waals surface area contributed by atoms with Crippen molar-refractivity contribution in [3.8, 4) is 0 Å². The molecule has 1 N–H and O–H groups in total. The molecule has 1 fully saturated rings. The van der Waals surface area contributed by atoms with Crippen LogP contribution < -0.4 is 5.32 Å². The first-order chi connectivity index (χ1) is 9.15. The van der Waals surface area contributed by atoms with Crippen LogP contribution in [0.4, 0.5) is 5.69 Å². The molecule has 1 aliphatic rings.